The van der Waals surface area contributed by atoms with Crippen molar-refractivity contribution >= 4 is 21.7 Å². The average molecular weight is 790 g/mol. The van der Waals surface area contributed by atoms with Crippen LogP contribution in [0.1, 0.15) is 0 Å². The molecule has 290 valence electrons. The zero-order valence-electron chi connectivity index (χ0n) is 33.9. The zero-order chi connectivity index (χ0) is 41.2. The summed E-state index contributed by atoms with van der Waals surface area (Å²) in [7, 11) is 0. The van der Waals surface area contributed by atoms with Gasteiger partial charge in [0.1, 0.15) is 0 Å². The standard InChI is InChI=1S/C59H39N3/c1-5-16-40(17-6-1)46-24-13-26-49(36-46)55-39-54(61-59(62-55)50-27-14-25-47(37-50)41-18-7-2-8-19-41)44-32-30-42(31-33-44)48-34-35-52-56(38-48)60-58(45-22-11-4-12-23-45)53-29-15-28-51(57(52)53)43-20-9-3-10-21-43/h1-39H. The molecule has 0 spiro atoms. The van der Waals surface area contributed by atoms with Crippen LogP contribution in [0.2, 0.25) is 0 Å². The summed E-state index contributed by atoms with van der Waals surface area (Å²) in [6, 6.07) is 83.4. The van der Waals surface area contributed by atoms with Gasteiger partial charge in [-0.25, -0.2) is 15.0 Å². The molecule has 0 aliphatic carbocycles. The second-order valence-electron chi connectivity index (χ2n) is 15.6. The number of fused-ring (bicyclic) bond motifs is 3. The Morgan fingerprint density at radius 1 is 0.242 bits per heavy atom. The number of nitrogens with zero attached hydrogens (tertiary/aromatic N) is 3. The Bertz CT molecular complexity index is 3260. The van der Waals surface area contributed by atoms with E-state index in [-0.39, 0.29) is 0 Å². The normalized spacial score (nSPS) is 11.2. The van der Waals surface area contributed by atoms with Crippen LogP contribution < -0.4 is 0 Å². The van der Waals surface area contributed by atoms with Gasteiger partial charge in [-0.05, 0) is 68.8 Å². The van der Waals surface area contributed by atoms with Crippen LogP contribution >= 0.6 is 0 Å². The number of benzene rings is 9. The van der Waals surface area contributed by atoms with Gasteiger partial charge < -0.3 is 0 Å². The molecule has 0 radical (unpaired) electrons. The smallest absolute Gasteiger partial charge is 0.160 e. The lowest BCUT2D eigenvalue weighted by atomic mass is 9.92. The fourth-order valence-corrected chi connectivity index (χ4v) is 8.57. The molecule has 0 bridgehead atoms. The van der Waals surface area contributed by atoms with Crippen molar-refractivity contribution in [3.63, 3.8) is 0 Å². The molecule has 0 aliphatic heterocycles. The molecular weight excluding hydrogens is 751 g/mol. The molecule has 3 nitrogen and oxygen atoms in total. The third-order valence-electron chi connectivity index (χ3n) is 11.7. The minimum absolute atomic E-state index is 0.682. The Morgan fingerprint density at radius 3 is 1.34 bits per heavy atom. The molecule has 3 heteroatoms. The molecule has 2 aromatic heterocycles. The van der Waals surface area contributed by atoms with Crippen molar-refractivity contribution in [3.05, 3.63) is 237 Å². The molecule has 0 unspecified atom stereocenters. The van der Waals surface area contributed by atoms with Crippen molar-refractivity contribution in [2.45, 2.75) is 0 Å². The van der Waals surface area contributed by atoms with E-state index >= 15 is 0 Å². The minimum Gasteiger partial charge on any atom is -0.247 e. The van der Waals surface area contributed by atoms with Gasteiger partial charge in [0.15, 0.2) is 5.82 Å². The van der Waals surface area contributed by atoms with E-state index in [9.17, 15) is 0 Å². The Morgan fingerprint density at radius 2 is 0.694 bits per heavy atom. The van der Waals surface area contributed by atoms with Gasteiger partial charge in [0, 0.05) is 38.4 Å². The van der Waals surface area contributed by atoms with Crippen LogP contribution in [0.25, 0.3) is 111 Å². The highest BCUT2D eigenvalue weighted by molar-refractivity contribution is 6.17. The van der Waals surface area contributed by atoms with E-state index in [1.165, 1.54) is 22.1 Å². The first-order valence-corrected chi connectivity index (χ1v) is 21.0. The maximum absolute atomic E-state index is 5.37. The number of pyridine rings is 1. The van der Waals surface area contributed by atoms with Crippen molar-refractivity contribution in [2.75, 3.05) is 0 Å². The van der Waals surface area contributed by atoms with Gasteiger partial charge in [-0.1, -0.05) is 212 Å². The fraction of sp³-hybridized carbons (Fsp3) is 0. The van der Waals surface area contributed by atoms with Crippen molar-refractivity contribution < 1.29 is 0 Å². The van der Waals surface area contributed by atoms with E-state index < -0.39 is 0 Å². The van der Waals surface area contributed by atoms with Crippen molar-refractivity contribution in [1.29, 1.82) is 0 Å². The summed E-state index contributed by atoms with van der Waals surface area (Å²) in [6.07, 6.45) is 0. The van der Waals surface area contributed by atoms with Crippen LogP contribution in [-0.4, -0.2) is 15.0 Å². The van der Waals surface area contributed by atoms with Gasteiger partial charge in [-0.3, -0.25) is 0 Å². The van der Waals surface area contributed by atoms with Crippen molar-refractivity contribution in [3.8, 4) is 89.7 Å². The Kier molecular flexibility index (Phi) is 9.53. The predicted octanol–water partition coefficient (Wildman–Crippen LogP) is 15.5. The highest BCUT2D eigenvalue weighted by Gasteiger charge is 2.17. The lowest BCUT2D eigenvalue weighted by Gasteiger charge is -2.15. The Hall–Kier alpha value is -8.27. The van der Waals surface area contributed by atoms with Crippen LogP contribution in [0, 0.1) is 0 Å². The molecule has 2 heterocycles. The summed E-state index contributed by atoms with van der Waals surface area (Å²) in [6.45, 7) is 0. The van der Waals surface area contributed by atoms with Crippen LogP contribution in [0.4, 0.5) is 0 Å². The number of aromatic nitrogens is 3. The molecule has 11 aromatic rings. The monoisotopic (exact) mass is 789 g/mol. The fourth-order valence-electron chi connectivity index (χ4n) is 8.57. The van der Waals surface area contributed by atoms with Crippen molar-refractivity contribution in [1.82, 2.24) is 15.0 Å². The summed E-state index contributed by atoms with van der Waals surface area (Å²) >= 11 is 0. The summed E-state index contributed by atoms with van der Waals surface area (Å²) in [5.74, 6) is 0.682. The lowest BCUT2D eigenvalue weighted by Crippen LogP contribution is -1.96. The summed E-state index contributed by atoms with van der Waals surface area (Å²) < 4.78 is 0. The summed E-state index contributed by atoms with van der Waals surface area (Å²) in [5, 5.41) is 3.49. The zero-order valence-corrected chi connectivity index (χ0v) is 33.9. The van der Waals surface area contributed by atoms with E-state index in [1.807, 2.05) is 12.1 Å². The third-order valence-corrected chi connectivity index (χ3v) is 11.7. The maximum atomic E-state index is 5.37. The SMILES string of the molecule is c1ccc(-c2cccc(-c3cc(-c4ccc(-c5ccc6c(c5)nc(-c5ccccc5)c5cccc(-c7ccccc7)c56)cc4)nc(-c4cccc(-c5ccccc5)c4)n3)c2)cc1. The number of rotatable bonds is 8. The second kappa shape index (κ2) is 16.1. The summed E-state index contributed by atoms with van der Waals surface area (Å²) in [5.41, 5.74) is 17.0. The Labute approximate surface area is 361 Å². The van der Waals surface area contributed by atoms with Crippen LogP contribution in [0.3, 0.4) is 0 Å². The van der Waals surface area contributed by atoms with Gasteiger partial charge in [-0.15, -0.1) is 0 Å². The summed E-state index contributed by atoms with van der Waals surface area (Å²) in [4.78, 5) is 15.8. The molecule has 0 atom stereocenters. The number of hydrogen-bond donors (Lipinski definition) is 0. The van der Waals surface area contributed by atoms with Gasteiger partial charge in [0.25, 0.3) is 0 Å². The lowest BCUT2D eigenvalue weighted by molar-refractivity contribution is 1.18. The molecular formula is C59H39N3. The third kappa shape index (κ3) is 7.12. The average Bonchev–Trinajstić information content (AvgIpc) is 3.37. The molecule has 0 N–H and O–H groups in total. The van der Waals surface area contributed by atoms with E-state index in [0.717, 1.165) is 83.4 Å². The molecule has 0 saturated carbocycles. The second-order valence-corrected chi connectivity index (χ2v) is 15.6. The van der Waals surface area contributed by atoms with E-state index in [2.05, 4.69) is 224 Å². The molecule has 62 heavy (non-hydrogen) atoms. The van der Waals surface area contributed by atoms with Gasteiger partial charge >= 0.3 is 0 Å². The van der Waals surface area contributed by atoms with Crippen LogP contribution in [0.15, 0.2) is 237 Å². The van der Waals surface area contributed by atoms with Gasteiger partial charge in [0.2, 0.25) is 0 Å². The minimum atomic E-state index is 0.682. The highest BCUT2D eigenvalue weighted by atomic mass is 14.9. The number of hydrogen-bond acceptors (Lipinski definition) is 3. The molecule has 9 aromatic carbocycles. The molecule has 0 fully saturated rings. The first-order valence-electron chi connectivity index (χ1n) is 21.0. The van der Waals surface area contributed by atoms with E-state index in [4.69, 9.17) is 15.0 Å². The first kappa shape index (κ1) is 36.8. The van der Waals surface area contributed by atoms with Gasteiger partial charge in [0.05, 0.1) is 22.6 Å². The first-order chi connectivity index (χ1) is 30.7. The topological polar surface area (TPSA) is 38.7 Å². The van der Waals surface area contributed by atoms with E-state index in [0.29, 0.717) is 5.82 Å². The highest BCUT2D eigenvalue weighted by Crippen LogP contribution is 2.40. The van der Waals surface area contributed by atoms with E-state index in [1.54, 1.807) is 0 Å². The maximum Gasteiger partial charge on any atom is 0.160 e. The quantitative estimate of drug-likeness (QED) is 0.144. The van der Waals surface area contributed by atoms with Crippen molar-refractivity contribution in [2.24, 2.45) is 0 Å². The Balaban J connectivity index is 1.02. The van der Waals surface area contributed by atoms with Gasteiger partial charge in [-0.2, -0.15) is 0 Å². The molecule has 11 rings (SSSR count). The molecule has 0 saturated heterocycles. The largest absolute Gasteiger partial charge is 0.247 e. The molecule has 0 aliphatic rings. The molecule has 0 amide bonds. The van der Waals surface area contributed by atoms with Crippen LogP contribution in [0.5, 0.6) is 0 Å². The predicted molar refractivity (Wildman–Crippen MR) is 258 cm³/mol. The van der Waals surface area contributed by atoms with Crippen LogP contribution in [-0.2, 0) is 0 Å².